The molecule has 0 radical (unpaired) electrons. The fraction of sp³-hybridized carbons (Fsp3) is 0.393. The molecule has 6 heteroatoms. The molecule has 3 aliphatic heterocycles. The number of aromatic nitrogens is 2. The van der Waals surface area contributed by atoms with Crippen LogP contribution in [0.25, 0.3) is 0 Å². The van der Waals surface area contributed by atoms with E-state index in [2.05, 4.69) is 63.1 Å². The van der Waals surface area contributed by atoms with Gasteiger partial charge in [0.2, 0.25) is 5.91 Å². The highest BCUT2D eigenvalue weighted by Crippen LogP contribution is 2.32. The summed E-state index contributed by atoms with van der Waals surface area (Å²) in [5.41, 5.74) is 9.42. The van der Waals surface area contributed by atoms with E-state index in [9.17, 15) is 4.79 Å². The van der Waals surface area contributed by atoms with Crippen molar-refractivity contribution in [3.05, 3.63) is 88.0 Å². The van der Waals surface area contributed by atoms with E-state index in [4.69, 9.17) is 4.99 Å². The molecule has 0 saturated carbocycles. The van der Waals surface area contributed by atoms with Crippen LogP contribution in [0, 0.1) is 6.92 Å². The van der Waals surface area contributed by atoms with Crippen LogP contribution in [0.15, 0.2) is 53.9 Å². The molecule has 1 aromatic carbocycles. The number of amides is 1. The third-order valence-electron chi connectivity index (χ3n) is 7.48. The lowest BCUT2D eigenvalue weighted by Crippen LogP contribution is -2.51. The second-order valence-electron chi connectivity index (χ2n) is 10.0. The van der Waals surface area contributed by atoms with Gasteiger partial charge in [0, 0.05) is 68.1 Å². The van der Waals surface area contributed by atoms with Gasteiger partial charge in [0.25, 0.3) is 0 Å². The number of benzene rings is 1. The Morgan fingerprint density at radius 1 is 1.12 bits per heavy atom. The van der Waals surface area contributed by atoms with Gasteiger partial charge >= 0.3 is 0 Å². The van der Waals surface area contributed by atoms with Gasteiger partial charge in [-0.3, -0.25) is 19.7 Å². The smallest absolute Gasteiger partial charge is 0.227 e. The predicted octanol–water partition coefficient (Wildman–Crippen LogP) is 3.63. The number of hydrogen-bond donors (Lipinski definition) is 0. The quantitative estimate of drug-likeness (QED) is 0.606. The van der Waals surface area contributed by atoms with Gasteiger partial charge < -0.3 is 9.47 Å². The van der Waals surface area contributed by atoms with Crippen molar-refractivity contribution in [3.63, 3.8) is 0 Å². The van der Waals surface area contributed by atoms with Crippen molar-refractivity contribution >= 4 is 11.6 Å². The lowest BCUT2D eigenvalue weighted by Gasteiger charge is -2.41. The van der Waals surface area contributed by atoms with Crippen LogP contribution in [-0.4, -0.2) is 50.1 Å². The normalized spacial score (nSPS) is 20.3. The number of hydrogen-bond acceptors (Lipinski definition) is 4. The average Bonchev–Trinajstić information content (AvgIpc) is 3.42. The molecule has 0 aliphatic carbocycles. The standard InChI is InChI=1S/C28H31N5O/c1-19-10-21(5-7-29-19)28-26-12-24-17-33(27(34)13-22(24)11-23(26)14-30-28)25-4-3-8-32(18-25)16-20-6-9-31(2)15-20/h5-7,9-12,15,25H,3-4,8,13-14,16-18H2,1-2H3/t25-/m1/s1. The number of nitrogens with zero attached hydrogens (tertiary/aromatic N) is 5. The summed E-state index contributed by atoms with van der Waals surface area (Å²) in [4.78, 5) is 27.1. The maximum Gasteiger partial charge on any atom is 0.227 e. The summed E-state index contributed by atoms with van der Waals surface area (Å²) >= 11 is 0. The van der Waals surface area contributed by atoms with Crippen LogP contribution < -0.4 is 0 Å². The largest absolute Gasteiger partial charge is 0.357 e. The molecule has 1 atom stereocenters. The van der Waals surface area contributed by atoms with E-state index in [1.54, 1.807) is 0 Å². The van der Waals surface area contributed by atoms with Crippen molar-refractivity contribution in [1.29, 1.82) is 0 Å². The molecule has 0 bridgehead atoms. The third kappa shape index (κ3) is 3.96. The number of rotatable bonds is 4. The minimum atomic E-state index is 0.267. The summed E-state index contributed by atoms with van der Waals surface area (Å²) in [7, 11) is 2.06. The Balaban J connectivity index is 1.22. The van der Waals surface area contributed by atoms with Crippen molar-refractivity contribution in [2.75, 3.05) is 13.1 Å². The maximum atomic E-state index is 13.2. The van der Waals surface area contributed by atoms with Crippen LogP contribution in [-0.2, 0) is 37.9 Å². The molecule has 0 N–H and O–H groups in total. The SMILES string of the molecule is Cc1cc(C2=NCc3cc4c(cc32)CN([C@@H]2CCCN(Cc3ccn(C)c3)C2)C(=O)C4)ccn1. The van der Waals surface area contributed by atoms with Gasteiger partial charge in [-0.05, 0) is 72.8 Å². The van der Waals surface area contributed by atoms with E-state index >= 15 is 0 Å². The molecule has 34 heavy (non-hydrogen) atoms. The van der Waals surface area contributed by atoms with Gasteiger partial charge in [-0.1, -0.05) is 6.07 Å². The van der Waals surface area contributed by atoms with Gasteiger partial charge in [0.05, 0.1) is 18.7 Å². The fourth-order valence-electron chi connectivity index (χ4n) is 5.80. The summed E-state index contributed by atoms with van der Waals surface area (Å²) < 4.78 is 2.10. The number of likely N-dealkylation sites (tertiary alicyclic amines) is 1. The van der Waals surface area contributed by atoms with E-state index in [-0.39, 0.29) is 11.9 Å². The molecule has 0 spiro atoms. The Hall–Kier alpha value is -3.25. The number of aliphatic imine (C=N–C) groups is 1. The van der Waals surface area contributed by atoms with Crippen LogP contribution in [0.1, 0.15) is 51.9 Å². The van der Waals surface area contributed by atoms with Crippen LogP contribution >= 0.6 is 0 Å². The topological polar surface area (TPSA) is 53.7 Å². The van der Waals surface area contributed by atoms with E-state index in [1.165, 1.54) is 27.8 Å². The summed E-state index contributed by atoms with van der Waals surface area (Å²) in [5.74, 6) is 0.267. The minimum absolute atomic E-state index is 0.267. The Morgan fingerprint density at radius 3 is 2.85 bits per heavy atom. The van der Waals surface area contributed by atoms with Crippen molar-refractivity contribution < 1.29 is 4.79 Å². The zero-order chi connectivity index (χ0) is 23.2. The fourth-order valence-corrected chi connectivity index (χ4v) is 5.80. The van der Waals surface area contributed by atoms with Gasteiger partial charge in [-0.2, -0.15) is 0 Å². The molecule has 5 heterocycles. The van der Waals surface area contributed by atoms with Gasteiger partial charge in [0.1, 0.15) is 0 Å². The lowest BCUT2D eigenvalue weighted by atomic mass is 9.90. The molecule has 174 valence electrons. The summed E-state index contributed by atoms with van der Waals surface area (Å²) in [6, 6.07) is 11.1. The van der Waals surface area contributed by atoms with Crippen LogP contribution in [0.3, 0.4) is 0 Å². The van der Waals surface area contributed by atoms with Gasteiger partial charge in [-0.15, -0.1) is 0 Å². The van der Waals surface area contributed by atoms with Crippen molar-refractivity contribution in [2.45, 2.75) is 51.9 Å². The van der Waals surface area contributed by atoms with Crippen molar-refractivity contribution in [3.8, 4) is 0 Å². The molecule has 6 nitrogen and oxygen atoms in total. The average molecular weight is 454 g/mol. The second kappa shape index (κ2) is 8.51. The number of piperidine rings is 1. The first-order chi connectivity index (χ1) is 16.5. The predicted molar refractivity (Wildman–Crippen MR) is 133 cm³/mol. The monoisotopic (exact) mass is 453 g/mol. The number of fused-ring (bicyclic) bond motifs is 2. The molecule has 0 unspecified atom stereocenters. The Bertz CT molecular complexity index is 1290. The van der Waals surface area contributed by atoms with Crippen LogP contribution in [0.2, 0.25) is 0 Å². The lowest BCUT2D eigenvalue weighted by molar-refractivity contribution is -0.135. The number of carbonyl (C=O) groups is 1. The zero-order valence-corrected chi connectivity index (χ0v) is 20.0. The van der Waals surface area contributed by atoms with E-state index in [0.29, 0.717) is 19.5 Å². The third-order valence-corrected chi connectivity index (χ3v) is 7.48. The number of carbonyl (C=O) groups excluding carboxylic acids is 1. The summed E-state index contributed by atoms with van der Waals surface area (Å²) in [6.45, 7) is 6.41. The highest BCUT2D eigenvalue weighted by molar-refractivity contribution is 6.15. The second-order valence-corrected chi connectivity index (χ2v) is 10.0. The van der Waals surface area contributed by atoms with Crippen LogP contribution in [0.4, 0.5) is 0 Å². The first-order valence-corrected chi connectivity index (χ1v) is 12.3. The summed E-state index contributed by atoms with van der Waals surface area (Å²) in [5, 5.41) is 0. The van der Waals surface area contributed by atoms with E-state index in [0.717, 1.165) is 49.4 Å². The molecular formula is C28H31N5O. The summed E-state index contributed by atoms with van der Waals surface area (Å²) in [6.07, 6.45) is 8.87. The molecule has 1 amide bonds. The van der Waals surface area contributed by atoms with E-state index < -0.39 is 0 Å². The Labute approximate surface area is 200 Å². The highest BCUT2D eigenvalue weighted by atomic mass is 16.2. The highest BCUT2D eigenvalue weighted by Gasteiger charge is 2.33. The van der Waals surface area contributed by atoms with Gasteiger partial charge in [-0.25, -0.2) is 0 Å². The van der Waals surface area contributed by atoms with Gasteiger partial charge in [0.15, 0.2) is 0 Å². The van der Waals surface area contributed by atoms with E-state index in [1.807, 2.05) is 19.2 Å². The molecule has 3 aromatic rings. The molecule has 1 saturated heterocycles. The van der Waals surface area contributed by atoms with Crippen molar-refractivity contribution in [2.24, 2.45) is 12.0 Å². The molecular weight excluding hydrogens is 422 g/mol. The zero-order valence-electron chi connectivity index (χ0n) is 20.0. The minimum Gasteiger partial charge on any atom is -0.357 e. The van der Waals surface area contributed by atoms with Crippen molar-refractivity contribution in [1.82, 2.24) is 19.4 Å². The molecule has 2 aromatic heterocycles. The number of pyridine rings is 1. The maximum absolute atomic E-state index is 13.2. The Morgan fingerprint density at radius 2 is 2.03 bits per heavy atom. The van der Waals surface area contributed by atoms with Crippen LogP contribution in [0.5, 0.6) is 0 Å². The first-order valence-electron chi connectivity index (χ1n) is 12.3. The number of aryl methyl sites for hydroxylation is 2. The molecule has 1 fully saturated rings. The first kappa shape index (κ1) is 21.3. The molecule has 6 rings (SSSR count). The molecule has 3 aliphatic rings. The Kier molecular flexibility index (Phi) is 5.33.